The molecule has 14 heavy (non-hydrogen) atoms. The quantitative estimate of drug-likeness (QED) is 0.736. The van der Waals surface area contributed by atoms with Gasteiger partial charge >= 0.3 is 0 Å². The van der Waals surface area contributed by atoms with E-state index in [1.54, 1.807) is 24.4 Å². The standard InChI is InChI=1S/C10H15N3O/c1-10(2,7-11)13-9(14)8-5-3-4-6-12-8/h3-6H,7,11H2,1-2H3,(H,13,14). The van der Waals surface area contributed by atoms with Crippen LogP contribution in [-0.4, -0.2) is 23.0 Å². The van der Waals surface area contributed by atoms with E-state index in [9.17, 15) is 4.79 Å². The number of nitrogens with two attached hydrogens (primary N) is 1. The molecule has 0 aliphatic carbocycles. The molecule has 0 aliphatic heterocycles. The molecule has 0 unspecified atom stereocenters. The van der Waals surface area contributed by atoms with Crippen LogP contribution >= 0.6 is 0 Å². The van der Waals surface area contributed by atoms with Crippen molar-refractivity contribution in [3.8, 4) is 0 Å². The maximum Gasteiger partial charge on any atom is 0.270 e. The first-order chi connectivity index (χ1) is 6.55. The van der Waals surface area contributed by atoms with Gasteiger partial charge in [-0.2, -0.15) is 0 Å². The lowest BCUT2D eigenvalue weighted by Crippen LogP contribution is -2.49. The van der Waals surface area contributed by atoms with E-state index in [0.29, 0.717) is 12.2 Å². The predicted octanol–water partition coefficient (Wildman–Crippen LogP) is 0.549. The fourth-order valence-corrected chi connectivity index (χ4v) is 0.919. The molecule has 0 fully saturated rings. The Morgan fingerprint density at radius 2 is 2.29 bits per heavy atom. The van der Waals surface area contributed by atoms with Gasteiger partial charge in [-0.05, 0) is 26.0 Å². The lowest BCUT2D eigenvalue weighted by molar-refractivity contribution is 0.0910. The van der Waals surface area contributed by atoms with Gasteiger partial charge < -0.3 is 11.1 Å². The van der Waals surface area contributed by atoms with Gasteiger partial charge in [-0.25, -0.2) is 0 Å². The van der Waals surface area contributed by atoms with Gasteiger partial charge in [0, 0.05) is 18.3 Å². The molecule has 1 aromatic rings. The average molecular weight is 193 g/mol. The smallest absolute Gasteiger partial charge is 0.270 e. The van der Waals surface area contributed by atoms with Crippen molar-refractivity contribution < 1.29 is 4.79 Å². The Balaban J connectivity index is 2.69. The monoisotopic (exact) mass is 193 g/mol. The molecular weight excluding hydrogens is 178 g/mol. The summed E-state index contributed by atoms with van der Waals surface area (Å²) >= 11 is 0. The molecule has 1 heterocycles. The molecule has 0 spiro atoms. The van der Waals surface area contributed by atoms with Crippen LogP contribution in [0.25, 0.3) is 0 Å². The first-order valence-electron chi connectivity index (χ1n) is 4.49. The number of hydrogen-bond acceptors (Lipinski definition) is 3. The SMILES string of the molecule is CC(C)(CN)NC(=O)c1ccccn1. The van der Waals surface area contributed by atoms with Crippen LogP contribution in [0.15, 0.2) is 24.4 Å². The molecule has 0 radical (unpaired) electrons. The van der Waals surface area contributed by atoms with E-state index >= 15 is 0 Å². The molecule has 0 saturated carbocycles. The average Bonchev–Trinajstić information content (AvgIpc) is 2.19. The highest BCUT2D eigenvalue weighted by Crippen LogP contribution is 2.01. The minimum absolute atomic E-state index is 0.193. The fourth-order valence-electron chi connectivity index (χ4n) is 0.919. The van der Waals surface area contributed by atoms with E-state index in [2.05, 4.69) is 10.3 Å². The number of nitrogens with zero attached hydrogens (tertiary/aromatic N) is 1. The Morgan fingerprint density at radius 1 is 1.57 bits per heavy atom. The normalized spacial score (nSPS) is 11.1. The van der Waals surface area contributed by atoms with E-state index in [4.69, 9.17) is 5.73 Å². The Morgan fingerprint density at radius 3 is 2.79 bits per heavy atom. The maximum atomic E-state index is 11.6. The molecule has 1 amide bonds. The van der Waals surface area contributed by atoms with E-state index in [0.717, 1.165) is 0 Å². The number of carbonyl (C=O) groups is 1. The molecule has 4 heteroatoms. The van der Waals surface area contributed by atoms with Crippen LogP contribution < -0.4 is 11.1 Å². The lowest BCUT2D eigenvalue weighted by atomic mass is 10.1. The van der Waals surface area contributed by atoms with Crippen LogP contribution in [0.1, 0.15) is 24.3 Å². The third-order valence-electron chi connectivity index (χ3n) is 1.86. The Labute approximate surface area is 83.5 Å². The molecule has 0 aliphatic rings. The van der Waals surface area contributed by atoms with Gasteiger partial charge in [0.1, 0.15) is 5.69 Å². The number of rotatable bonds is 3. The second-order valence-corrected chi connectivity index (χ2v) is 3.76. The third kappa shape index (κ3) is 2.81. The minimum Gasteiger partial charge on any atom is -0.345 e. The van der Waals surface area contributed by atoms with E-state index in [-0.39, 0.29) is 5.91 Å². The minimum atomic E-state index is -0.394. The molecule has 0 bridgehead atoms. The molecule has 4 nitrogen and oxygen atoms in total. The Bertz CT molecular complexity index is 308. The summed E-state index contributed by atoms with van der Waals surface area (Å²) in [5.74, 6) is -0.193. The van der Waals surface area contributed by atoms with Crippen LogP contribution in [0.3, 0.4) is 0 Å². The number of nitrogens with one attached hydrogen (secondary N) is 1. The van der Waals surface area contributed by atoms with E-state index in [1.807, 2.05) is 13.8 Å². The van der Waals surface area contributed by atoms with Crippen molar-refractivity contribution in [1.82, 2.24) is 10.3 Å². The van der Waals surface area contributed by atoms with Crippen molar-refractivity contribution >= 4 is 5.91 Å². The molecule has 0 saturated heterocycles. The van der Waals surface area contributed by atoms with Crippen molar-refractivity contribution in [2.75, 3.05) is 6.54 Å². The number of carbonyl (C=O) groups excluding carboxylic acids is 1. The van der Waals surface area contributed by atoms with Crippen molar-refractivity contribution in [3.05, 3.63) is 30.1 Å². The highest BCUT2D eigenvalue weighted by atomic mass is 16.2. The number of pyridine rings is 1. The van der Waals surface area contributed by atoms with Gasteiger partial charge in [0.15, 0.2) is 0 Å². The molecule has 0 aromatic carbocycles. The Hall–Kier alpha value is -1.42. The largest absolute Gasteiger partial charge is 0.345 e. The number of hydrogen-bond donors (Lipinski definition) is 2. The highest BCUT2D eigenvalue weighted by Gasteiger charge is 2.19. The van der Waals surface area contributed by atoms with Crippen molar-refractivity contribution in [2.45, 2.75) is 19.4 Å². The first-order valence-corrected chi connectivity index (χ1v) is 4.49. The molecule has 0 atom stereocenters. The number of aromatic nitrogens is 1. The summed E-state index contributed by atoms with van der Waals surface area (Å²) in [7, 11) is 0. The fraction of sp³-hybridized carbons (Fsp3) is 0.400. The van der Waals surface area contributed by atoms with Gasteiger partial charge in [0.25, 0.3) is 5.91 Å². The summed E-state index contributed by atoms with van der Waals surface area (Å²) in [6.45, 7) is 4.13. The zero-order valence-corrected chi connectivity index (χ0v) is 8.45. The van der Waals surface area contributed by atoms with Crippen LogP contribution in [0.5, 0.6) is 0 Å². The first kappa shape index (κ1) is 10.7. The summed E-state index contributed by atoms with van der Waals surface area (Å²) in [6, 6.07) is 5.21. The summed E-state index contributed by atoms with van der Waals surface area (Å²) in [5, 5.41) is 2.80. The summed E-state index contributed by atoms with van der Waals surface area (Å²) in [5.41, 5.74) is 5.51. The van der Waals surface area contributed by atoms with E-state index in [1.165, 1.54) is 0 Å². The van der Waals surface area contributed by atoms with E-state index < -0.39 is 5.54 Å². The zero-order chi connectivity index (χ0) is 10.6. The number of amides is 1. The maximum absolute atomic E-state index is 11.6. The zero-order valence-electron chi connectivity index (χ0n) is 8.45. The van der Waals surface area contributed by atoms with Crippen LogP contribution in [0.2, 0.25) is 0 Å². The van der Waals surface area contributed by atoms with Gasteiger partial charge in [-0.1, -0.05) is 6.07 Å². The summed E-state index contributed by atoms with van der Waals surface area (Å²) in [4.78, 5) is 15.5. The Kier molecular flexibility index (Phi) is 3.19. The summed E-state index contributed by atoms with van der Waals surface area (Å²) in [6.07, 6.45) is 1.59. The topological polar surface area (TPSA) is 68.0 Å². The van der Waals surface area contributed by atoms with Gasteiger partial charge in [0.05, 0.1) is 0 Å². The lowest BCUT2D eigenvalue weighted by Gasteiger charge is -2.23. The third-order valence-corrected chi connectivity index (χ3v) is 1.86. The molecule has 76 valence electrons. The summed E-state index contributed by atoms with van der Waals surface area (Å²) < 4.78 is 0. The molecule has 3 N–H and O–H groups in total. The molecule has 1 rings (SSSR count). The van der Waals surface area contributed by atoms with Crippen LogP contribution in [0, 0.1) is 0 Å². The second-order valence-electron chi connectivity index (χ2n) is 3.76. The van der Waals surface area contributed by atoms with Crippen molar-refractivity contribution in [3.63, 3.8) is 0 Å². The van der Waals surface area contributed by atoms with Crippen LogP contribution in [0.4, 0.5) is 0 Å². The predicted molar refractivity (Wildman–Crippen MR) is 54.8 cm³/mol. The van der Waals surface area contributed by atoms with Crippen LogP contribution in [-0.2, 0) is 0 Å². The van der Waals surface area contributed by atoms with Crippen molar-refractivity contribution in [1.29, 1.82) is 0 Å². The van der Waals surface area contributed by atoms with Gasteiger partial charge in [-0.3, -0.25) is 9.78 Å². The molecular formula is C10H15N3O. The van der Waals surface area contributed by atoms with Crippen molar-refractivity contribution in [2.24, 2.45) is 5.73 Å². The second kappa shape index (κ2) is 4.19. The van der Waals surface area contributed by atoms with Gasteiger partial charge in [0.2, 0.25) is 0 Å². The molecule has 1 aromatic heterocycles. The van der Waals surface area contributed by atoms with Gasteiger partial charge in [-0.15, -0.1) is 0 Å². The highest BCUT2D eigenvalue weighted by molar-refractivity contribution is 5.92.